The molecule has 21 heteroatoms. The molecule has 0 aliphatic carbocycles. The minimum absolute atomic E-state index is 0.00860. The predicted octanol–water partition coefficient (Wildman–Crippen LogP) is 0.578. The topological polar surface area (TPSA) is 294 Å². The van der Waals surface area contributed by atoms with Gasteiger partial charge in [-0.2, -0.15) is 0 Å². The van der Waals surface area contributed by atoms with Crippen LogP contribution in [-0.2, 0) is 57.4 Å². The van der Waals surface area contributed by atoms with Gasteiger partial charge in [-0.15, -0.1) is 6.58 Å². The van der Waals surface area contributed by atoms with Crippen molar-refractivity contribution in [1.82, 2.24) is 42.1 Å². The van der Waals surface area contributed by atoms with E-state index < -0.39 is 124 Å². The van der Waals surface area contributed by atoms with Gasteiger partial charge in [0.1, 0.15) is 41.4 Å². The van der Waals surface area contributed by atoms with Crippen LogP contribution < -0.4 is 37.2 Å². The molecule has 0 aromatic rings. The molecule has 0 spiro atoms. The summed E-state index contributed by atoms with van der Waals surface area (Å²) in [6.45, 7) is 22.3. The molecule has 2 unspecified atom stereocenters. The van der Waals surface area contributed by atoms with E-state index in [4.69, 9.17) is 9.47 Å². The molecule has 1 aliphatic rings. The number of urea groups is 1. The Balaban J connectivity index is 3.41. The Labute approximate surface area is 375 Å². The number of esters is 2. The van der Waals surface area contributed by atoms with Crippen LogP contribution in [0.5, 0.6) is 0 Å². The molecule has 64 heavy (non-hydrogen) atoms. The number of nitrogens with zero attached hydrogens (tertiary/aromatic N) is 1. The van der Waals surface area contributed by atoms with E-state index in [2.05, 4.69) is 43.8 Å². The van der Waals surface area contributed by atoms with Gasteiger partial charge in [0.25, 0.3) is 11.8 Å². The van der Waals surface area contributed by atoms with E-state index >= 15 is 0 Å². The fourth-order valence-corrected chi connectivity index (χ4v) is 6.26. The Hall–Kier alpha value is -5.89. The van der Waals surface area contributed by atoms with Crippen LogP contribution in [0.25, 0.3) is 0 Å². The summed E-state index contributed by atoms with van der Waals surface area (Å²) in [7, 11) is 0. The first-order valence-corrected chi connectivity index (χ1v) is 21.5. The van der Waals surface area contributed by atoms with Crippen LogP contribution >= 0.6 is 0 Å². The SMILES string of the molecule is C=CCNC(=O)C(=O)C(CCC)NC(=O)C1CNC(=O)N1C(=O)[C@@H](NC(=O)[C@@H](NC(=O)[C@H](CCC(=O)OC(C)(C)C)NC(=O)[C@H](CCC(=O)OC(C)(C)C)NC(C)=O)C(C)C)C(C)C. The van der Waals surface area contributed by atoms with Crippen molar-refractivity contribution >= 4 is 65.1 Å². The lowest BCUT2D eigenvalue weighted by Crippen LogP contribution is -2.62. The van der Waals surface area contributed by atoms with Crippen LogP contribution in [0.3, 0.4) is 0 Å². The Bertz CT molecular complexity index is 1750. The molecule has 1 saturated heterocycles. The summed E-state index contributed by atoms with van der Waals surface area (Å²) in [6, 6.07) is -9.29. The standard InChI is InChI=1S/C43H70N8O13/c1-14-16-26(34(55)39(60)44-21-15-2)47-37(58)29-22-45-41(62)51(29)40(61)33(24(5)6)50-38(59)32(23(3)4)49-36(57)28(18-20-31(54)64-43(11,12)13)48-35(56)27(46-25(7)52)17-19-30(53)63-42(8,9)10/h15,23-24,26-29,32-33H,2,14,16-22H2,1,3-13H3,(H,44,60)(H,45,62)(H,46,52)(H,47,58)(H,48,56)(H,49,57)(H,50,59)/t26?,27-,28-,29?,32-,33-/m0/s1. The number of carbonyl (C=O) groups is 11. The first-order valence-electron chi connectivity index (χ1n) is 21.5. The maximum Gasteiger partial charge on any atom is 0.325 e. The number of rotatable bonds is 24. The van der Waals surface area contributed by atoms with Crippen molar-refractivity contribution in [2.75, 3.05) is 13.1 Å². The van der Waals surface area contributed by atoms with Gasteiger partial charge in [-0.05, 0) is 72.6 Å². The third-order valence-electron chi connectivity index (χ3n) is 9.28. The van der Waals surface area contributed by atoms with Gasteiger partial charge in [-0.25, -0.2) is 9.69 Å². The molecular weight excluding hydrogens is 837 g/mol. The summed E-state index contributed by atoms with van der Waals surface area (Å²) in [5.41, 5.74) is -1.69. The fraction of sp³-hybridized carbons (Fsp3) is 0.698. The second kappa shape index (κ2) is 25.4. The van der Waals surface area contributed by atoms with E-state index in [-0.39, 0.29) is 45.2 Å². The summed E-state index contributed by atoms with van der Waals surface area (Å²) in [5, 5.41) is 17.4. The van der Waals surface area contributed by atoms with Gasteiger partial charge in [0.05, 0.1) is 6.04 Å². The lowest BCUT2D eigenvalue weighted by atomic mass is 9.98. The normalized spacial score (nSPS) is 16.2. The number of hydrogen-bond donors (Lipinski definition) is 7. The Morgan fingerprint density at radius 2 is 1.20 bits per heavy atom. The zero-order valence-corrected chi connectivity index (χ0v) is 39.3. The van der Waals surface area contributed by atoms with Gasteiger partial charge in [0, 0.05) is 32.9 Å². The Kier molecular flexibility index (Phi) is 22.3. The largest absolute Gasteiger partial charge is 0.460 e. The highest BCUT2D eigenvalue weighted by Gasteiger charge is 2.45. The maximum absolute atomic E-state index is 14.1. The smallest absolute Gasteiger partial charge is 0.325 e. The summed E-state index contributed by atoms with van der Waals surface area (Å²) in [5.74, 6) is -9.72. The lowest BCUT2D eigenvalue weighted by molar-refractivity contribution is -0.156. The highest BCUT2D eigenvalue weighted by molar-refractivity contribution is 6.38. The number of imide groups is 1. The van der Waals surface area contributed by atoms with Crippen LogP contribution in [0.2, 0.25) is 0 Å². The molecule has 1 aliphatic heterocycles. The van der Waals surface area contributed by atoms with Crippen LogP contribution in [0.4, 0.5) is 4.79 Å². The molecule has 0 aromatic heterocycles. The molecule has 0 saturated carbocycles. The molecule has 21 nitrogen and oxygen atoms in total. The van der Waals surface area contributed by atoms with Crippen molar-refractivity contribution in [3.05, 3.63) is 12.7 Å². The van der Waals surface area contributed by atoms with Crippen molar-refractivity contribution in [2.45, 2.75) is 169 Å². The van der Waals surface area contributed by atoms with Gasteiger partial charge in [-0.3, -0.25) is 47.9 Å². The number of ether oxygens (including phenoxy) is 2. The fourth-order valence-electron chi connectivity index (χ4n) is 6.26. The van der Waals surface area contributed by atoms with Gasteiger partial charge in [0.15, 0.2) is 0 Å². The second-order valence-corrected chi connectivity index (χ2v) is 18.1. The number of Topliss-reactive ketones (excluding diaryl/α,β-unsaturated/α-hetero) is 1. The minimum atomic E-state index is -1.49. The van der Waals surface area contributed by atoms with E-state index in [0.717, 1.165) is 6.92 Å². The predicted molar refractivity (Wildman–Crippen MR) is 232 cm³/mol. The molecule has 0 radical (unpaired) electrons. The average Bonchev–Trinajstić information content (AvgIpc) is 3.56. The first-order chi connectivity index (χ1) is 29.5. The van der Waals surface area contributed by atoms with Gasteiger partial charge < -0.3 is 46.7 Å². The monoisotopic (exact) mass is 907 g/mol. The molecule has 360 valence electrons. The van der Waals surface area contributed by atoms with Crippen molar-refractivity contribution in [2.24, 2.45) is 11.8 Å². The zero-order valence-electron chi connectivity index (χ0n) is 39.3. The molecule has 9 amide bonds. The number of hydrogen-bond acceptors (Lipinski definition) is 13. The minimum Gasteiger partial charge on any atom is -0.460 e. The number of amides is 9. The van der Waals surface area contributed by atoms with Gasteiger partial charge in [0.2, 0.25) is 35.3 Å². The van der Waals surface area contributed by atoms with Gasteiger partial charge in [-0.1, -0.05) is 47.1 Å². The Morgan fingerprint density at radius 3 is 1.66 bits per heavy atom. The molecule has 1 heterocycles. The summed E-state index contributed by atoms with van der Waals surface area (Å²) >= 11 is 0. The number of nitrogens with one attached hydrogen (secondary N) is 7. The van der Waals surface area contributed by atoms with E-state index in [1.165, 1.54) is 6.08 Å². The Morgan fingerprint density at radius 1 is 0.719 bits per heavy atom. The van der Waals surface area contributed by atoms with Crippen molar-refractivity contribution in [3.8, 4) is 0 Å². The highest BCUT2D eigenvalue weighted by Crippen LogP contribution is 2.17. The summed E-state index contributed by atoms with van der Waals surface area (Å²) < 4.78 is 10.7. The number of ketones is 1. The maximum atomic E-state index is 14.1. The summed E-state index contributed by atoms with van der Waals surface area (Å²) in [4.78, 5) is 146. The third-order valence-corrected chi connectivity index (χ3v) is 9.28. The zero-order chi connectivity index (χ0) is 49.3. The van der Waals surface area contributed by atoms with Crippen LogP contribution in [0, 0.1) is 11.8 Å². The van der Waals surface area contributed by atoms with Crippen LogP contribution in [-0.4, -0.2) is 131 Å². The molecule has 1 rings (SSSR count). The van der Waals surface area contributed by atoms with Crippen LogP contribution in [0.15, 0.2) is 12.7 Å². The van der Waals surface area contributed by atoms with Gasteiger partial charge >= 0.3 is 18.0 Å². The molecule has 1 fully saturated rings. The van der Waals surface area contributed by atoms with E-state index in [0.29, 0.717) is 11.3 Å². The van der Waals surface area contributed by atoms with E-state index in [1.54, 1.807) is 76.2 Å². The second-order valence-electron chi connectivity index (χ2n) is 18.1. The highest BCUT2D eigenvalue weighted by atomic mass is 16.6. The van der Waals surface area contributed by atoms with Crippen molar-refractivity contribution in [3.63, 3.8) is 0 Å². The third kappa shape index (κ3) is 19.2. The van der Waals surface area contributed by atoms with Crippen LogP contribution in [0.1, 0.15) is 122 Å². The molecule has 6 atom stereocenters. The first kappa shape index (κ1) is 56.1. The number of carbonyl (C=O) groups excluding carboxylic acids is 11. The molecule has 7 N–H and O–H groups in total. The molecule has 0 aromatic carbocycles. The van der Waals surface area contributed by atoms with E-state index in [1.807, 2.05) is 0 Å². The lowest BCUT2D eigenvalue weighted by Gasteiger charge is -2.31. The summed E-state index contributed by atoms with van der Waals surface area (Å²) in [6.07, 6.45) is 0.702. The molecular formula is C43H70N8O13. The van der Waals surface area contributed by atoms with Crippen molar-refractivity contribution < 1.29 is 62.2 Å². The van der Waals surface area contributed by atoms with Crippen molar-refractivity contribution in [1.29, 1.82) is 0 Å². The molecule has 0 bridgehead atoms. The van der Waals surface area contributed by atoms with E-state index in [9.17, 15) is 52.7 Å². The quantitative estimate of drug-likeness (QED) is 0.0397. The average molecular weight is 907 g/mol.